The number of amides is 1. The van der Waals surface area contributed by atoms with E-state index in [4.69, 9.17) is 11.6 Å². The predicted octanol–water partition coefficient (Wildman–Crippen LogP) is 2.21. The van der Waals surface area contributed by atoms with Gasteiger partial charge in [-0.05, 0) is 37.7 Å². The molecular weight excluding hydrogens is 243 g/mol. The van der Waals surface area contributed by atoms with Crippen molar-refractivity contribution >= 4 is 17.5 Å². The summed E-state index contributed by atoms with van der Waals surface area (Å²) in [6.45, 7) is 4.36. The molecule has 0 radical (unpaired) electrons. The first-order valence-electron chi connectivity index (χ1n) is 5.59. The molecule has 0 bridgehead atoms. The minimum absolute atomic E-state index is 0.134. The fraction of sp³-hybridized carbons (Fsp3) is 0.417. The average molecular weight is 259 g/mol. The summed E-state index contributed by atoms with van der Waals surface area (Å²) in [6.07, 6.45) is 0.846. The maximum Gasteiger partial charge on any atom is 0.252 e. The minimum Gasteiger partial charge on any atom is -0.352 e. The van der Waals surface area contributed by atoms with Crippen molar-refractivity contribution in [3.05, 3.63) is 34.6 Å². The Morgan fingerprint density at radius 2 is 2.18 bits per heavy atom. The highest BCUT2D eigenvalue weighted by Gasteiger charge is 2.09. The molecule has 1 aromatic rings. The molecule has 0 aliphatic carbocycles. The van der Waals surface area contributed by atoms with E-state index in [0.717, 1.165) is 25.6 Å². The van der Waals surface area contributed by atoms with E-state index in [1.54, 1.807) is 0 Å². The smallest absolute Gasteiger partial charge is 0.252 e. The van der Waals surface area contributed by atoms with E-state index in [2.05, 4.69) is 10.6 Å². The topological polar surface area (TPSA) is 41.1 Å². The van der Waals surface area contributed by atoms with Crippen LogP contribution in [-0.2, 0) is 0 Å². The van der Waals surface area contributed by atoms with Crippen LogP contribution < -0.4 is 10.6 Å². The first-order chi connectivity index (χ1) is 8.15. The summed E-state index contributed by atoms with van der Waals surface area (Å²) in [7, 11) is 0. The Hall–Kier alpha value is -1.13. The summed E-state index contributed by atoms with van der Waals surface area (Å²) < 4.78 is 12.8. The summed E-state index contributed by atoms with van der Waals surface area (Å²) in [5, 5.41) is 6.02. The SMILES string of the molecule is CCNCCCNC(=O)c1ccc(F)cc1Cl. The first-order valence-corrected chi connectivity index (χ1v) is 5.97. The van der Waals surface area contributed by atoms with Crippen LogP contribution in [0.25, 0.3) is 0 Å². The highest BCUT2D eigenvalue weighted by molar-refractivity contribution is 6.33. The van der Waals surface area contributed by atoms with Gasteiger partial charge in [-0.3, -0.25) is 4.79 Å². The van der Waals surface area contributed by atoms with Crippen molar-refractivity contribution in [3.8, 4) is 0 Å². The molecule has 5 heteroatoms. The normalized spacial score (nSPS) is 10.3. The second-order valence-corrected chi connectivity index (χ2v) is 3.99. The number of rotatable bonds is 6. The molecule has 0 atom stereocenters. The van der Waals surface area contributed by atoms with Gasteiger partial charge in [0, 0.05) is 6.54 Å². The van der Waals surface area contributed by atoms with E-state index in [0.29, 0.717) is 12.1 Å². The Morgan fingerprint density at radius 1 is 1.41 bits per heavy atom. The lowest BCUT2D eigenvalue weighted by Crippen LogP contribution is -2.27. The maximum atomic E-state index is 12.8. The summed E-state index contributed by atoms with van der Waals surface area (Å²) in [6, 6.07) is 3.74. The Labute approximate surface area is 105 Å². The minimum atomic E-state index is -0.446. The number of benzene rings is 1. The largest absolute Gasteiger partial charge is 0.352 e. The first kappa shape index (κ1) is 13.9. The third kappa shape index (κ3) is 4.71. The van der Waals surface area contributed by atoms with Crippen LogP contribution in [0.1, 0.15) is 23.7 Å². The number of nitrogens with one attached hydrogen (secondary N) is 2. The molecule has 2 N–H and O–H groups in total. The summed E-state index contributed by atoms with van der Waals surface area (Å²) in [5.74, 6) is -0.717. The molecule has 0 saturated carbocycles. The molecule has 0 aliphatic heterocycles. The lowest BCUT2D eigenvalue weighted by atomic mass is 10.2. The van der Waals surface area contributed by atoms with Crippen molar-refractivity contribution in [2.45, 2.75) is 13.3 Å². The van der Waals surface area contributed by atoms with Gasteiger partial charge < -0.3 is 10.6 Å². The molecule has 0 heterocycles. The van der Waals surface area contributed by atoms with Gasteiger partial charge in [-0.25, -0.2) is 4.39 Å². The summed E-state index contributed by atoms with van der Waals surface area (Å²) >= 11 is 5.77. The van der Waals surface area contributed by atoms with Gasteiger partial charge in [-0.2, -0.15) is 0 Å². The van der Waals surface area contributed by atoms with Gasteiger partial charge in [0.2, 0.25) is 0 Å². The Bertz CT molecular complexity index is 385. The van der Waals surface area contributed by atoms with Gasteiger partial charge in [0.05, 0.1) is 10.6 Å². The quantitative estimate of drug-likeness (QED) is 0.768. The van der Waals surface area contributed by atoms with Gasteiger partial charge in [0.25, 0.3) is 5.91 Å². The van der Waals surface area contributed by atoms with Crippen molar-refractivity contribution in [2.24, 2.45) is 0 Å². The molecule has 0 fully saturated rings. The standard InChI is InChI=1S/C12H16ClFN2O/c1-2-15-6-3-7-16-12(17)10-5-4-9(14)8-11(10)13/h4-5,8,15H,2-3,6-7H2,1H3,(H,16,17). The molecule has 0 aliphatic rings. The fourth-order valence-electron chi connectivity index (χ4n) is 1.36. The van der Waals surface area contributed by atoms with Crippen LogP contribution in [0.2, 0.25) is 5.02 Å². The second-order valence-electron chi connectivity index (χ2n) is 3.59. The van der Waals surface area contributed by atoms with Crippen LogP contribution in [0.15, 0.2) is 18.2 Å². The van der Waals surface area contributed by atoms with Crippen molar-refractivity contribution in [1.29, 1.82) is 0 Å². The summed E-state index contributed by atoms with van der Waals surface area (Å²) in [4.78, 5) is 11.7. The average Bonchev–Trinajstić information content (AvgIpc) is 2.28. The van der Waals surface area contributed by atoms with Gasteiger partial charge in [-0.1, -0.05) is 18.5 Å². The van der Waals surface area contributed by atoms with Crippen molar-refractivity contribution in [2.75, 3.05) is 19.6 Å². The van der Waals surface area contributed by atoms with Crippen molar-refractivity contribution < 1.29 is 9.18 Å². The number of halogens is 2. The lowest BCUT2D eigenvalue weighted by molar-refractivity contribution is 0.0953. The van der Waals surface area contributed by atoms with Crippen molar-refractivity contribution in [1.82, 2.24) is 10.6 Å². The number of hydrogen-bond donors (Lipinski definition) is 2. The van der Waals surface area contributed by atoms with E-state index in [9.17, 15) is 9.18 Å². The van der Waals surface area contributed by atoms with Gasteiger partial charge in [0.15, 0.2) is 0 Å². The van der Waals surface area contributed by atoms with E-state index < -0.39 is 5.82 Å². The van der Waals surface area contributed by atoms with Crippen LogP contribution in [0.3, 0.4) is 0 Å². The number of carbonyl (C=O) groups excluding carboxylic acids is 1. The highest BCUT2D eigenvalue weighted by Crippen LogP contribution is 2.16. The van der Waals surface area contributed by atoms with Crippen LogP contribution in [0, 0.1) is 5.82 Å². The molecule has 0 saturated heterocycles. The van der Waals surface area contributed by atoms with Gasteiger partial charge in [0.1, 0.15) is 5.82 Å². The molecule has 1 rings (SSSR count). The van der Waals surface area contributed by atoms with E-state index >= 15 is 0 Å². The molecule has 0 aromatic heterocycles. The zero-order valence-corrected chi connectivity index (χ0v) is 10.5. The third-order valence-electron chi connectivity index (χ3n) is 2.24. The van der Waals surface area contributed by atoms with Crippen LogP contribution in [0.5, 0.6) is 0 Å². The third-order valence-corrected chi connectivity index (χ3v) is 2.55. The molecule has 3 nitrogen and oxygen atoms in total. The molecule has 17 heavy (non-hydrogen) atoms. The summed E-state index contributed by atoms with van der Waals surface area (Å²) in [5.41, 5.74) is 0.302. The molecule has 1 amide bonds. The Kier molecular flexibility index (Phi) is 5.94. The van der Waals surface area contributed by atoms with Gasteiger partial charge >= 0.3 is 0 Å². The second kappa shape index (κ2) is 7.25. The Balaban J connectivity index is 2.42. The Morgan fingerprint density at radius 3 is 2.82 bits per heavy atom. The van der Waals surface area contributed by atoms with Crippen LogP contribution in [0.4, 0.5) is 4.39 Å². The highest BCUT2D eigenvalue weighted by atomic mass is 35.5. The predicted molar refractivity (Wildman–Crippen MR) is 66.9 cm³/mol. The zero-order valence-electron chi connectivity index (χ0n) is 9.72. The molecule has 94 valence electrons. The van der Waals surface area contributed by atoms with E-state index in [1.165, 1.54) is 12.1 Å². The lowest BCUT2D eigenvalue weighted by Gasteiger charge is -2.07. The monoisotopic (exact) mass is 258 g/mol. The molecule has 1 aromatic carbocycles. The molecule has 0 spiro atoms. The molecular formula is C12H16ClFN2O. The van der Waals surface area contributed by atoms with E-state index in [-0.39, 0.29) is 10.9 Å². The fourth-order valence-corrected chi connectivity index (χ4v) is 1.61. The van der Waals surface area contributed by atoms with E-state index in [1.807, 2.05) is 6.92 Å². The molecule has 0 unspecified atom stereocenters. The van der Waals surface area contributed by atoms with Crippen molar-refractivity contribution in [3.63, 3.8) is 0 Å². The number of hydrogen-bond acceptors (Lipinski definition) is 2. The number of carbonyl (C=O) groups is 1. The zero-order chi connectivity index (χ0) is 12.7. The van der Waals surface area contributed by atoms with Gasteiger partial charge in [-0.15, -0.1) is 0 Å². The van der Waals surface area contributed by atoms with Crippen LogP contribution >= 0.6 is 11.6 Å². The van der Waals surface area contributed by atoms with Crippen LogP contribution in [-0.4, -0.2) is 25.5 Å². The maximum absolute atomic E-state index is 12.8.